The van der Waals surface area contributed by atoms with Crippen molar-refractivity contribution < 1.29 is 9.53 Å². The minimum absolute atomic E-state index is 0.00579. The Kier molecular flexibility index (Phi) is 1.38. The van der Waals surface area contributed by atoms with Gasteiger partial charge in [-0.2, -0.15) is 0 Å². The number of hydrogen-bond acceptors (Lipinski definition) is 3. The molecule has 0 bridgehead atoms. The van der Waals surface area contributed by atoms with Gasteiger partial charge in [0.05, 0.1) is 13.3 Å². The van der Waals surface area contributed by atoms with Crippen LogP contribution in [-0.2, 0) is 9.53 Å². The Hall–Kier alpha value is -0.410. The predicted molar refractivity (Wildman–Crippen MR) is 23.3 cm³/mol. The van der Waals surface area contributed by atoms with Crippen molar-refractivity contribution in [2.24, 2.45) is 0 Å². The SMILES string of the molecule is O=C1[CH]OCNC1. The van der Waals surface area contributed by atoms with Crippen molar-refractivity contribution in [3.63, 3.8) is 0 Å². The molecule has 1 heterocycles. The first kappa shape index (κ1) is 4.74. The fraction of sp³-hybridized carbons (Fsp3) is 0.500. The fourth-order valence-electron chi connectivity index (χ4n) is 0.409. The van der Waals surface area contributed by atoms with E-state index >= 15 is 0 Å². The van der Waals surface area contributed by atoms with E-state index < -0.39 is 0 Å². The molecule has 0 aromatic carbocycles. The molecule has 0 aliphatic carbocycles. The van der Waals surface area contributed by atoms with E-state index in [1.54, 1.807) is 0 Å². The first-order chi connectivity index (χ1) is 3.39. The average molecular weight is 100 g/mol. The number of ether oxygens (including phenoxy) is 1. The van der Waals surface area contributed by atoms with Crippen molar-refractivity contribution in [3.8, 4) is 0 Å². The van der Waals surface area contributed by atoms with Gasteiger partial charge in [-0.15, -0.1) is 0 Å². The quantitative estimate of drug-likeness (QED) is 0.437. The largest absolute Gasteiger partial charge is 0.352 e. The monoisotopic (exact) mass is 100 g/mol. The molecule has 3 nitrogen and oxygen atoms in total. The molecule has 1 aliphatic rings. The van der Waals surface area contributed by atoms with E-state index in [-0.39, 0.29) is 5.78 Å². The molecule has 3 heteroatoms. The Morgan fingerprint density at radius 3 is 3.00 bits per heavy atom. The van der Waals surface area contributed by atoms with E-state index in [1.165, 1.54) is 6.61 Å². The summed E-state index contributed by atoms with van der Waals surface area (Å²) in [5.74, 6) is 0.00579. The molecule has 0 unspecified atom stereocenters. The normalized spacial score (nSPS) is 22.6. The molecule has 1 fully saturated rings. The average Bonchev–Trinajstić information content (AvgIpc) is 1.69. The summed E-state index contributed by atoms with van der Waals surface area (Å²) in [6, 6.07) is 0. The van der Waals surface area contributed by atoms with E-state index in [2.05, 4.69) is 10.1 Å². The van der Waals surface area contributed by atoms with Crippen LogP contribution < -0.4 is 5.32 Å². The molecule has 1 saturated heterocycles. The number of ketones is 1. The first-order valence-corrected chi connectivity index (χ1v) is 2.08. The van der Waals surface area contributed by atoms with E-state index in [9.17, 15) is 4.79 Å². The Balaban J connectivity index is 2.25. The standard InChI is InChI=1S/C4H6NO2/c6-4-1-5-3-7-2-4/h2,5H,1,3H2. The highest BCUT2D eigenvalue weighted by Crippen LogP contribution is 1.86. The minimum Gasteiger partial charge on any atom is -0.352 e. The lowest BCUT2D eigenvalue weighted by Gasteiger charge is -2.08. The van der Waals surface area contributed by atoms with Crippen molar-refractivity contribution in [3.05, 3.63) is 6.61 Å². The van der Waals surface area contributed by atoms with E-state index in [4.69, 9.17) is 0 Å². The molecular weight excluding hydrogens is 94.0 g/mol. The molecule has 1 aliphatic heterocycles. The molecule has 0 spiro atoms. The van der Waals surface area contributed by atoms with Crippen LogP contribution >= 0.6 is 0 Å². The zero-order chi connectivity index (χ0) is 5.11. The molecule has 0 aromatic heterocycles. The summed E-state index contributed by atoms with van der Waals surface area (Å²) in [5.41, 5.74) is 0. The van der Waals surface area contributed by atoms with Crippen LogP contribution in [0.1, 0.15) is 0 Å². The Morgan fingerprint density at radius 1 is 1.86 bits per heavy atom. The third-order valence-electron chi connectivity index (χ3n) is 0.699. The Bertz CT molecular complexity index is 73.8. The number of carbonyl (C=O) groups is 1. The summed E-state index contributed by atoms with van der Waals surface area (Å²) in [6.45, 7) is 2.11. The second-order valence-corrected chi connectivity index (χ2v) is 1.32. The van der Waals surface area contributed by atoms with Crippen LogP contribution in [-0.4, -0.2) is 19.1 Å². The van der Waals surface area contributed by atoms with Crippen LogP contribution in [0, 0.1) is 6.61 Å². The second-order valence-electron chi connectivity index (χ2n) is 1.32. The number of hydrogen-bond donors (Lipinski definition) is 1. The Labute approximate surface area is 41.7 Å². The maximum atomic E-state index is 10.2. The van der Waals surface area contributed by atoms with Crippen molar-refractivity contribution in [2.45, 2.75) is 0 Å². The zero-order valence-corrected chi connectivity index (χ0v) is 3.81. The maximum Gasteiger partial charge on any atom is 0.178 e. The Morgan fingerprint density at radius 2 is 2.71 bits per heavy atom. The summed E-state index contributed by atoms with van der Waals surface area (Å²) < 4.78 is 4.60. The summed E-state index contributed by atoms with van der Waals surface area (Å²) in [5, 5.41) is 2.73. The van der Waals surface area contributed by atoms with Gasteiger partial charge in [-0.25, -0.2) is 0 Å². The van der Waals surface area contributed by atoms with E-state index in [0.717, 1.165) is 0 Å². The maximum absolute atomic E-state index is 10.2. The lowest BCUT2D eigenvalue weighted by molar-refractivity contribution is -0.121. The van der Waals surface area contributed by atoms with Crippen molar-refractivity contribution in [2.75, 3.05) is 13.3 Å². The second kappa shape index (κ2) is 2.04. The molecule has 0 atom stereocenters. The number of carbonyl (C=O) groups excluding carboxylic acids is 1. The van der Waals surface area contributed by atoms with Gasteiger partial charge in [0, 0.05) is 0 Å². The smallest absolute Gasteiger partial charge is 0.178 e. The van der Waals surface area contributed by atoms with Gasteiger partial charge < -0.3 is 4.74 Å². The molecule has 0 aromatic rings. The minimum atomic E-state index is 0.00579. The fourth-order valence-corrected chi connectivity index (χ4v) is 0.409. The van der Waals surface area contributed by atoms with Crippen molar-refractivity contribution >= 4 is 5.78 Å². The number of Topliss-reactive ketones (excluding diaryl/α,β-unsaturated/α-hetero) is 1. The lowest BCUT2D eigenvalue weighted by atomic mass is 10.4. The number of nitrogens with one attached hydrogen (secondary N) is 1. The van der Waals surface area contributed by atoms with Crippen molar-refractivity contribution in [1.29, 1.82) is 0 Å². The van der Waals surface area contributed by atoms with Gasteiger partial charge in [0.2, 0.25) is 0 Å². The van der Waals surface area contributed by atoms with Crippen LogP contribution in [0.4, 0.5) is 0 Å². The highest BCUT2D eigenvalue weighted by atomic mass is 16.5. The van der Waals surface area contributed by atoms with Gasteiger partial charge in [-0.05, 0) is 0 Å². The van der Waals surface area contributed by atoms with Crippen LogP contribution in [0.2, 0.25) is 0 Å². The predicted octanol–water partition coefficient (Wildman–Crippen LogP) is -0.705. The van der Waals surface area contributed by atoms with Gasteiger partial charge in [-0.1, -0.05) is 0 Å². The van der Waals surface area contributed by atoms with Crippen LogP contribution in [0.25, 0.3) is 0 Å². The van der Waals surface area contributed by atoms with Crippen molar-refractivity contribution in [1.82, 2.24) is 5.32 Å². The summed E-state index contributed by atoms with van der Waals surface area (Å²) >= 11 is 0. The molecular formula is C4H6NO2. The van der Waals surface area contributed by atoms with Crippen LogP contribution in [0.15, 0.2) is 0 Å². The summed E-state index contributed by atoms with van der Waals surface area (Å²) in [6.07, 6.45) is 0. The summed E-state index contributed by atoms with van der Waals surface area (Å²) in [7, 11) is 0. The molecule has 0 saturated carbocycles. The van der Waals surface area contributed by atoms with Gasteiger partial charge in [0.1, 0.15) is 0 Å². The van der Waals surface area contributed by atoms with Gasteiger partial charge in [0.25, 0.3) is 0 Å². The number of rotatable bonds is 0. The first-order valence-electron chi connectivity index (χ1n) is 2.08. The molecule has 1 radical (unpaired) electrons. The third-order valence-corrected chi connectivity index (χ3v) is 0.699. The molecule has 7 heavy (non-hydrogen) atoms. The van der Waals surface area contributed by atoms with Gasteiger partial charge in [0.15, 0.2) is 12.4 Å². The highest BCUT2D eigenvalue weighted by Gasteiger charge is 2.06. The third kappa shape index (κ3) is 1.25. The topological polar surface area (TPSA) is 38.3 Å². The van der Waals surface area contributed by atoms with Gasteiger partial charge in [-0.3, -0.25) is 10.1 Å². The van der Waals surface area contributed by atoms with Gasteiger partial charge >= 0.3 is 0 Å². The van der Waals surface area contributed by atoms with Crippen LogP contribution in [0.5, 0.6) is 0 Å². The van der Waals surface area contributed by atoms with E-state index in [0.29, 0.717) is 13.3 Å². The molecule has 1 rings (SSSR count). The molecule has 1 N–H and O–H groups in total. The summed E-state index contributed by atoms with van der Waals surface area (Å²) in [4.78, 5) is 10.2. The van der Waals surface area contributed by atoms with E-state index in [1.807, 2.05) is 0 Å². The molecule has 39 valence electrons. The zero-order valence-electron chi connectivity index (χ0n) is 3.81. The van der Waals surface area contributed by atoms with Crippen LogP contribution in [0.3, 0.4) is 0 Å². The molecule has 0 amide bonds. The highest BCUT2D eigenvalue weighted by molar-refractivity contribution is 5.87. The lowest BCUT2D eigenvalue weighted by Crippen LogP contribution is -2.31.